The number of hydrogen-bond acceptors (Lipinski definition) is 5. The molecule has 0 atom stereocenters. The lowest BCUT2D eigenvalue weighted by Crippen LogP contribution is -2.30. The molecule has 104 valence electrons. The number of aromatic nitrogens is 1. The Labute approximate surface area is 117 Å². The van der Waals surface area contributed by atoms with Crippen LogP contribution in [0.15, 0.2) is 46.0 Å². The van der Waals surface area contributed by atoms with Crippen molar-refractivity contribution in [2.45, 2.75) is 18.4 Å². The Morgan fingerprint density at radius 3 is 2.70 bits per heavy atom. The van der Waals surface area contributed by atoms with E-state index < -0.39 is 10.0 Å². The van der Waals surface area contributed by atoms with Crippen molar-refractivity contribution in [2.24, 2.45) is 0 Å². The summed E-state index contributed by atoms with van der Waals surface area (Å²) in [5, 5.41) is 8.67. The monoisotopic (exact) mass is 291 g/mol. The molecule has 0 N–H and O–H groups in total. The van der Waals surface area contributed by atoms with E-state index in [-0.39, 0.29) is 17.1 Å². The van der Waals surface area contributed by atoms with E-state index in [2.05, 4.69) is 4.98 Å². The van der Waals surface area contributed by atoms with E-state index in [1.54, 1.807) is 19.1 Å². The fourth-order valence-corrected chi connectivity index (χ4v) is 3.05. The lowest BCUT2D eigenvalue weighted by Gasteiger charge is -2.19. The van der Waals surface area contributed by atoms with Crippen LogP contribution in [0, 0.1) is 11.3 Å². The molecule has 2 rings (SSSR count). The molecule has 6 nitrogen and oxygen atoms in total. The molecule has 0 unspecified atom stereocenters. The molecule has 0 fully saturated rings. The largest absolute Gasteiger partial charge is 0.468 e. The first kappa shape index (κ1) is 14.2. The highest BCUT2D eigenvalue weighted by Gasteiger charge is 2.24. The molecule has 0 aliphatic heterocycles. The van der Waals surface area contributed by atoms with Crippen LogP contribution in [-0.4, -0.2) is 24.3 Å². The topological polar surface area (TPSA) is 87.2 Å². The van der Waals surface area contributed by atoms with Gasteiger partial charge in [0.05, 0.1) is 12.8 Å². The van der Waals surface area contributed by atoms with Gasteiger partial charge in [-0.25, -0.2) is 13.4 Å². The normalized spacial score (nSPS) is 11.4. The summed E-state index contributed by atoms with van der Waals surface area (Å²) in [6.07, 6.45) is 2.69. The van der Waals surface area contributed by atoms with Gasteiger partial charge in [0.2, 0.25) is 10.0 Å². The molecule has 0 aliphatic rings. The van der Waals surface area contributed by atoms with Crippen LogP contribution in [0.1, 0.15) is 18.4 Å². The van der Waals surface area contributed by atoms with E-state index in [9.17, 15) is 8.42 Å². The first-order valence-electron chi connectivity index (χ1n) is 5.96. The lowest BCUT2D eigenvalue weighted by atomic mass is 10.4. The average molecular weight is 291 g/mol. The molecule has 7 heteroatoms. The van der Waals surface area contributed by atoms with Crippen molar-refractivity contribution in [1.82, 2.24) is 9.29 Å². The number of hydrogen-bond donors (Lipinski definition) is 0. The Kier molecular flexibility index (Phi) is 4.17. The second kappa shape index (κ2) is 5.86. The van der Waals surface area contributed by atoms with Crippen LogP contribution < -0.4 is 0 Å². The smallest absolute Gasteiger partial charge is 0.245 e. The Morgan fingerprint density at radius 2 is 2.20 bits per heavy atom. The summed E-state index contributed by atoms with van der Waals surface area (Å²) in [6, 6.07) is 8.04. The average Bonchev–Trinajstić information content (AvgIpc) is 2.97. The quantitative estimate of drug-likeness (QED) is 0.837. The SMILES string of the molecule is CCN(Cc1ccco1)S(=O)(=O)c1ccc(C#N)nc1. The highest BCUT2D eigenvalue weighted by Crippen LogP contribution is 2.17. The Hall–Kier alpha value is -2.17. The number of sulfonamides is 1. The van der Waals surface area contributed by atoms with E-state index in [1.807, 2.05) is 6.07 Å². The van der Waals surface area contributed by atoms with Gasteiger partial charge in [-0.3, -0.25) is 0 Å². The van der Waals surface area contributed by atoms with Crippen molar-refractivity contribution in [2.75, 3.05) is 6.54 Å². The maximum atomic E-state index is 12.5. The van der Waals surface area contributed by atoms with Gasteiger partial charge in [0.25, 0.3) is 0 Å². The Balaban J connectivity index is 2.29. The van der Waals surface area contributed by atoms with Gasteiger partial charge in [0, 0.05) is 12.7 Å². The van der Waals surface area contributed by atoms with Gasteiger partial charge in [0.15, 0.2) is 0 Å². The molecule has 0 saturated heterocycles. The van der Waals surface area contributed by atoms with Gasteiger partial charge in [-0.15, -0.1) is 0 Å². The molecule has 20 heavy (non-hydrogen) atoms. The Morgan fingerprint density at radius 1 is 1.40 bits per heavy atom. The van der Waals surface area contributed by atoms with Gasteiger partial charge in [-0.05, 0) is 24.3 Å². The summed E-state index contributed by atoms with van der Waals surface area (Å²) < 4.78 is 31.4. The predicted octanol–water partition coefficient (Wildman–Crippen LogP) is 1.76. The maximum Gasteiger partial charge on any atom is 0.245 e. The van der Waals surface area contributed by atoms with Gasteiger partial charge in [-0.2, -0.15) is 9.57 Å². The van der Waals surface area contributed by atoms with Crippen LogP contribution in [0.4, 0.5) is 0 Å². The number of furan rings is 1. The summed E-state index contributed by atoms with van der Waals surface area (Å²) in [6.45, 7) is 2.21. The molecule has 0 bridgehead atoms. The van der Waals surface area contributed by atoms with Crippen molar-refractivity contribution in [3.05, 3.63) is 48.2 Å². The molecule has 0 radical (unpaired) electrons. The molecule has 0 amide bonds. The highest BCUT2D eigenvalue weighted by molar-refractivity contribution is 7.89. The fraction of sp³-hybridized carbons (Fsp3) is 0.231. The van der Waals surface area contributed by atoms with Crippen molar-refractivity contribution in [3.63, 3.8) is 0 Å². The van der Waals surface area contributed by atoms with Crippen LogP contribution in [0.5, 0.6) is 0 Å². The van der Waals surface area contributed by atoms with Crippen molar-refractivity contribution < 1.29 is 12.8 Å². The molecule has 2 aromatic rings. The third kappa shape index (κ3) is 2.87. The fourth-order valence-electron chi connectivity index (χ4n) is 1.69. The summed E-state index contributed by atoms with van der Waals surface area (Å²) in [5.41, 5.74) is 0.179. The van der Waals surface area contributed by atoms with E-state index in [4.69, 9.17) is 9.68 Å². The van der Waals surface area contributed by atoms with Gasteiger partial charge < -0.3 is 4.42 Å². The molecule has 2 aromatic heterocycles. The third-order valence-electron chi connectivity index (χ3n) is 2.75. The summed E-state index contributed by atoms with van der Waals surface area (Å²) in [4.78, 5) is 3.85. The number of rotatable bonds is 5. The summed E-state index contributed by atoms with van der Waals surface area (Å²) in [7, 11) is -3.65. The summed E-state index contributed by atoms with van der Waals surface area (Å²) in [5.74, 6) is 0.567. The van der Waals surface area contributed by atoms with E-state index in [1.165, 1.54) is 28.9 Å². The number of pyridine rings is 1. The van der Waals surface area contributed by atoms with E-state index >= 15 is 0 Å². The molecular formula is C13H13N3O3S. The van der Waals surface area contributed by atoms with E-state index in [0.717, 1.165) is 0 Å². The molecule has 2 heterocycles. The minimum absolute atomic E-state index is 0.0601. The second-order valence-electron chi connectivity index (χ2n) is 4.00. The molecule has 0 spiro atoms. The summed E-state index contributed by atoms with van der Waals surface area (Å²) >= 11 is 0. The first-order chi connectivity index (χ1) is 9.57. The van der Waals surface area contributed by atoms with Crippen LogP contribution in [0.25, 0.3) is 0 Å². The van der Waals surface area contributed by atoms with Crippen molar-refractivity contribution >= 4 is 10.0 Å². The van der Waals surface area contributed by atoms with Crippen molar-refractivity contribution in [1.29, 1.82) is 5.26 Å². The zero-order chi connectivity index (χ0) is 14.6. The molecule has 0 aliphatic carbocycles. The van der Waals surface area contributed by atoms with Crippen LogP contribution in [0.2, 0.25) is 0 Å². The first-order valence-corrected chi connectivity index (χ1v) is 7.40. The Bertz CT molecular complexity index is 700. The minimum Gasteiger partial charge on any atom is -0.468 e. The van der Waals surface area contributed by atoms with Crippen LogP contribution >= 0.6 is 0 Å². The standard InChI is InChI=1S/C13H13N3O3S/c1-2-16(10-12-4-3-7-19-12)20(17,18)13-6-5-11(8-14)15-9-13/h3-7,9H,2,10H2,1H3. The van der Waals surface area contributed by atoms with Gasteiger partial charge in [0.1, 0.15) is 22.4 Å². The molecular weight excluding hydrogens is 278 g/mol. The zero-order valence-electron chi connectivity index (χ0n) is 10.9. The van der Waals surface area contributed by atoms with Gasteiger partial charge in [-0.1, -0.05) is 6.92 Å². The number of nitriles is 1. The van der Waals surface area contributed by atoms with Crippen LogP contribution in [0.3, 0.4) is 0 Å². The van der Waals surface area contributed by atoms with Gasteiger partial charge >= 0.3 is 0 Å². The van der Waals surface area contributed by atoms with Crippen molar-refractivity contribution in [3.8, 4) is 6.07 Å². The highest BCUT2D eigenvalue weighted by atomic mass is 32.2. The van der Waals surface area contributed by atoms with Crippen LogP contribution in [-0.2, 0) is 16.6 Å². The third-order valence-corrected chi connectivity index (χ3v) is 4.66. The zero-order valence-corrected chi connectivity index (χ0v) is 11.7. The molecule has 0 saturated carbocycles. The lowest BCUT2D eigenvalue weighted by molar-refractivity contribution is 0.375. The predicted molar refractivity (Wildman–Crippen MR) is 70.9 cm³/mol. The molecule has 0 aromatic carbocycles. The number of nitrogens with zero attached hydrogens (tertiary/aromatic N) is 3. The van der Waals surface area contributed by atoms with E-state index in [0.29, 0.717) is 12.3 Å². The second-order valence-corrected chi connectivity index (χ2v) is 5.94. The minimum atomic E-state index is -3.65. The maximum absolute atomic E-state index is 12.5.